The van der Waals surface area contributed by atoms with Crippen LogP contribution in [0.4, 0.5) is 5.69 Å². The molecule has 1 aromatic heterocycles. The number of benzene rings is 1. The van der Waals surface area contributed by atoms with Crippen molar-refractivity contribution >= 4 is 17.5 Å². The number of carbonyl (C=O) groups is 2. The van der Waals surface area contributed by atoms with Crippen LogP contribution < -0.4 is 5.32 Å². The van der Waals surface area contributed by atoms with Gasteiger partial charge >= 0.3 is 0 Å². The zero-order valence-electron chi connectivity index (χ0n) is 21.4. The van der Waals surface area contributed by atoms with Crippen molar-refractivity contribution in [2.75, 3.05) is 51.3 Å². The number of nitrogens with zero attached hydrogens (tertiary/aromatic N) is 4. The van der Waals surface area contributed by atoms with Gasteiger partial charge in [-0.3, -0.25) is 14.5 Å². The van der Waals surface area contributed by atoms with E-state index in [2.05, 4.69) is 32.3 Å². The molecule has 5 rings (SSSR count). The SMILES string of the molecule is N#Cc1cnc(C(=O)Nc2ccc(C3CCN(C(=O)CN4CCOCC4)CC3)cc2C2CCCCC2)[nH]1. The normalized spacial score (nSPS) is 19.9. The molecule has 2 saturated heterocycles. The first-order valence-electron chi connectivity index (χ1n) is 13.6. The highest BCUT2D eigenvalue weighted by Crippen LogP contribution is 2.39. The number of morpholine rings is 1. The molecule has 196 valence electrons. The second kappa shape index (κ2) is 11.9. The van der Waals surface area contributed by atoms with Crippen molar-refractivity contribution in [1.82, 2.24) is 19.8 Å². The molecule has 2 aliphatic heterocycles. The van der Waals surface area contributed by atoms with Gasteiger partial charge in [-0.15, -0.1) is 0 Å². The summed E-state index contributed by atoms with van der Waals surface area (Å²) in [6.45, 7) is 5.12. The lowest BCUT2D eigenvalue weighted by atomic mass is 9.80. The lowest BCUT2D eigenvalue weighted by molar-refractivity contribution is -0.134. The first-order chi connectivity index (χ1) is 18.1. The lowest BCUT2D eigenvalue weighted by Gasteiger charge is -2.35. The van der Waals surface area contributed by atoms with Crippen LogP contribution in [0.3, 0.4) is 0 Å². The Balaban J connectivity index is 1.26. The fraction of sp³-hybridized carbons (Fsp3) is 0.571. The lowest BCUT2D eigenvalue weighted by Crippen LogP contribution is -2.46. The Morgan fingerprint density at radius 2 is 1.81 bits per heavy atom. The molecule has 9 heteroatoms. The molecular weight excluding hydrogens is 468 g/mol. The number of amides is 2. The van der Waals surface area contributed by atoms with Gasteiger partial charge in [-0.05, 0) is 54.7 Å². The number of nitriles is 1. The van der Waals surface area contributed by atoms with E-state index in [1.54, 1.807) is 0 Å². The zero-order valence-corrected chi connectivity index (χ0v) is 21.4. The average Bonchev–Trinajstić information content (AvgIpc) is 3.44. The van der Waals surface area contributed by atoms with E-state index in [0.717, 1.165) is 57.5 Å². The minimum Gasteiger partial charge on any atom is -0.379 e. The van der Waals surface area contributed by atoms with E-state index in [0.29, 0.717) is 31.6 Å². The van der Waals surface area contributed by atoms with Gasteiger partial charge in [0.15, 0.2) is 5.82 Å². The van der Waals surface area contributed by atoms with Crippen LogP contribution in [-0.4, -0.2) is 77.5 Å². The topological polar surface area (TPSA) is 114 Å². The maximum atomic E-state index is 12.8. The van der Waals surface area contributed by atoms with Gasteiger partial charge in [-0.25, -0.2) is 4.98 Å². The molecule has 37 heavy (non-hydrogen) atoms. The number of H-pyrrole nitrogens is 1. The number of piperidine rings is 1. The highest BCUT2D eigenvalue weighted by atomic mass is 16.5. The number of likely N-dealkylation sites (tertiary alicyclic amines) is 1. The van der Waals surface area contributed by atoms with Crippen LogP contribution in [0.15, 0.2) is 24.4 Å². The van der Waals surface area contributed by atoms with Crippen molar-refractivity contribution < 1.29 is 14.3 Å². The molecule has 0 bridgehead atoms. The van der Waals surface area contributed by atoms with E-state index in [9.17, 15) is 9.59 Å². The molecule has 0 atom stereocenters. The monoisotopic (exact) mass is 504 g/mol. The molecule has 1 aliphatic carbocycles. The zero-order chi connectivity index (χ0) is 25.6. The number of rotatable bonds is 6. The fourth-order valence-corrected chi connectivity index (χ4v) is 5.89. The van der Waals surface area contributed by atoms with Crippen LogP contribution in [0.5, 0.6) is 0 Å². The van der Waals surface area contributed by atoms with Crippen molar-refractivity contribution in [3.8, 4) is 6.07 Å². The van der Waals surface area contributed by atoms with Crippen LogP contribution >= 0.6 is 0 Å². The van der Waals surface area contributed by atoms with E-state index < -0.39 is 0 Å². The molecular formula is C28H36N6O3. The molecule has 0 unspecified atom stereocenters. The number of ether oxygens (including phenoxy) is 1. The van der Waals surface area contributed by atoms with Crippen molar-refractivity contribution in [2.45, 2.75) is 56.8 Å². The Hall–Kier alpha value is -3.22. The van der Waals surface area contributed by atoms with Gasteiger partial charge in [0.1, 0.15) is 11.8 Å². The van der Waals surface area contributed by atoms with Crippen LogP contribution in [0.25, 0.3) is 0 Å². The summed E-state index contributed by atoms with van der Waals surface area (Å²) in [5, 5.41) is 12.1. The minimum atomic E-state index is -0.335. The van der Waals surface area contributed by atoms with Gasteiger partial charge < -0.3 is 19.9 Å². The molecule has 3 aliphatic rings. The molecule has 2 aromatic rings. The molecule has 0 radical (unpaired) electrons. The van der Waals surface area contributed by atoms with E-state index in [-0.39, 0.29) is 23.3 Å². The molecule has 3 heterocycles. The number of carbonyl (C=O) groups excluding carboxylic acids is 2. The highest BCUT2D eigenvalue weighted by Gasteiger charge is 2.27. The van der Waals surface area contributed by atoms with Crippen LogP contribution in [0.2, 0.25) is 0 Å². The molecule has 9 nitrogen and oxygen atoms in total. The van der Waals surface area contributed by atoms with Gasteiger partial charge in [0, 0.05) is 31.9 Å². The minimum absolute atomic E-state index is 0.143. The molecule has 1 aromatic carbocycles. The Morgan fingerprint density at radius 1 is 1.05 bits per heavy atom. The maximum absolute atomic E-state index is 12.8. The van der Waals surface area contributed by atoms with Crippen molar-refractivity contribution in [3.05, 3.63) is 47.0 Å². The summed E-state index contributed by atoms with van der Waals surface area (Å²) in [6.07, 6.45) is 9.20. The first-order valence-corrected chi connectivity index (χ1v) is 13.6. The summed E-state index contributed by atoms with van der Waals surface area (Å²) in [5.74, 6) is 0.856. The van der Waals surface area contributed by atoms with Gasteiger partial charge in [-0.1, -0.05) is 31.4 Å². The molecule has 1 saturated carbocycles. The predicted molar refractivity (Wildman–Crippen MR) is 139 cm³/mol. The van der Waals surface area contributed by atoms with Gasteiger partial charge in [0.2, 0.25) is 5.91 Å². The molecule has 0 spiro atoms. The van der Waals surface area contributed by atoms with E-state index in [1.807, 2.05) is 17.0 Å². The number of hydrogen-bond donors (Lipinski definition) is 2. The molecule has 2 amide bonds. The van der Waals surface area contributed by atoms with Crippen LogP contribution in [0.1, 0.15) is 84.2 Å². The summed E-state index contributed by atoms with van der Waals surface area (Å²) in [7, 11) is 0. The van der Waals surface area contributed by atoms with Gasteiger partial charge in [0.25, 0.3) is 5.91 Å². The van der Waals surface area contributed by atoms with Gasteiger partial charge in [0.05, 0.1) is 26.0 Å². The fourth-order valence-electron chi connectivity index (χ4n) is 5.89. The number of imidazole rings is 1. The number of aromatic nitrogens is 2. The summed E-state index contributed by atoms with van der Waals surface area (Å²) >= 11 is 0. The second-order valence-electron chi connectivity index (χ2n) is 10.4. The summed E-state index contributed by atoms with van der Waals surface area (Å²) < 4.78 is 5.39. The summed E-state index contributed by atoms with van der Waals surface area (Å²) in [4.78, 5) is 36.7. The highest BCUT2D eigenvalue weighted by molar-refractivity contribution is 6.02. The summed E-state index contributed by atoms with van der Waals surface area (Å²) in [6, 6.07) is 8.42. The molecule has 3 fully saturated rings. The summed E-state index contributed by atoms with van der Waals surface area (Å²) in [5.41, 5.74) is 3.59. The number of nitrogens with one attached hydrogen (secondary N) is 2. The number of aromatic amines is 1. The number of anilines is 1. The van der Waals surface area contributed by atoms with E-state index in [4.69, 9.17) is 10.00 Å². The first kappa shape index (κ1) is 25.4. The Labute approximate surface area is 218 Å². The smallest absolute Gasteiger partial charge is 0.291 e. The maximum Gasteiger partial charge on any atom is 0.291 e. The van der Waals surface area contributed by atoms with Crippen LogP contribution in [-0.2, 0) is 9.53 Å². The van der Waals surface area contributed by atoms with Crippen molar-refractivity contribution in [3.63, 3.8) is 0 Å². The van der Waals surface area contributed by atoms with Crippen molar-refractivity contribution in [2.24, 2.45) is 0 Å². The molecule has 2 N–H and O–H groups in total. The Kier molecular flexibility index (Phi) is 8.17. The van der Waals surface area contributed by atoms with Crippen LogP contribution in [0, 0.1) is 11.3 Å². The standard InChI is InChI=1S/C28H36N6O3/c29-17-23-18-30-27(31-23)28(36)32-25-7-6-22(16-24(25)21-4-2-1-3-5-21)20-8-10-34(11-9-20)26(35)19-33-12-14-37-15-13-33/h6-7,16,18,20-21H,1-5,8-15,19H2,(H,30,31)(H,32,36). The van der Waals surface area contributed by atoms with E-state index >= 15 is 0 Å². The third-order valence-electron chi connectivity index (χ3n) is 8.06. The van der Waals surface area contributed by atoms with Gasteiger partial charge in [-0.2, -0.15) is 5.26 Å². The van der Waals surface area contributed by atoms with Crippen molar-refractivity contribution in [1.29, 1.82) is 5.26 Å². The van der Waals surface area contributed by atoms with E-state index in [1.165, 1.54) is 36.6 Å². The quantitative estimate of drug-likeness (QED) is 0.621. The number of hydrogen-bond acceptors (Lipinski definition) is 6. The Morgan fingerprint density at radius 3 is 2.51 bits per heavy atom. The Bertz CT molecular complexity index is 1140. The average molecular weight is 505 g/mol. The predicted octanol–water partition coefficient (Wildman–Crippen LogP) is 3.62. The largest absolute Gasteiger partial charge is 0.379 e. The second-order valence-corrected chi connectivity index (χ2v) is 10.4. The third kappa shape index (κ3) is 6.20. The third-order valence-corrected chi connectivity index (χ3v) is 8.06.